The quantitative estimate of drug-likeness (QED) is 0.200. The Kier molecular flexibility index (Phi) is 1500. The maximum Gasteiger partial charge on any atom is 3.00 e. The Balaban J connectivity index is -0.00000000187. The van der Waals surface area contributed by atoms with Crippen LogP contribution in [0.1, 0.15) is 0 Å². The van der Waals surface area contributed by atoms with E-state index in [-0.39, 0.29) is 120 Å². The number of halogens is 2. The molecule has 20 heavy (non-hydrogen) atoms. The average Bonchev–Trinajstić information content (AvgIpc) is 1.25. The van der Waals surface area contributed by atoms with Gasteiger partial charge in [-0.25, -0.2) is 0 Å². The molecule has 0 aliphatic carbocycles. The van der Waals surface area contributed by atoms with E-state index >= 15 is 0 Å². The van der Waals surface area contributed by atoms with Gasteiger partial charge in [-0.05, 0) is 0 Å². The van der Waals surface area contributed by atoms with Crippen molar-refractivity contribution in [1.29, 1.82) is 0 Å². The SMILES string of the molecule is O=[N+]([O-])[O-].O=[N+]([O-])[O-].[Cl-].[Cl-].[OH-].[OH-].[OH3+].[OH3+].[OH3+].[OH3+].[OH3+].[OH3+].[Sc+3].[Sc+3]. The summed E-state index contributed by atoms with van der Waals surface area (Å²) in [5, 5.41) is 29.5. The summed E-state index contributed by atoms with van der Waals surface area (Å²) in [5.41, 5.74) is 0. The maximum atomic E-state index is 8.25. The molecule has 0 unspecified atom stereocenters. The third-order valence-electron chi connectivity index (χ3n) is 0. The molecular weight excluding hydrogens is 413 g/mol. The molecule has 0 aliphatic rings. The van der Waals surface area contributed by atoms with Gasteiger partial charge in [0, 0.05) is 0 Å². The van der Waals surface area contributed by atoms with E-state index in [1.54, 1.807) is 0 Å². The Morgan fingerprint density at radius 3 is 0.500 bits per heavy atom. The van der Waals surface area contributed by atoms with E-state index in [1.165, 1.54) is 0 Å². The van der Waals surface area contributed by atoms with Crippen LogP contribution in [-0.2, 0) is 84.5 Å². The summed E-state index contributed by atoms with van der Waals surface area (Å²) in [6.45, 7) is 0. The van der Waals surface area contributed by atoms with E-state index in [4.69, 9.17) is 30.6 Å². The summed E-state index contributed by atoms with van der Waals surface area (Å²) in [4.78, 5) is 16.5. The molecule has 0 fully saturated rings. The van der Waals surface area contributed by atoms with Gasteiger partial charge < -0.3 is 99.3 Å². The minimum absolute atomic E-state index is 0. The second kappa shape index (κ2) is 160. The molecule has 128 valence electrons. The van der Waals surface area contributed by atoms with Gasteiger partial charge in [0.05, 0.1) is 10.2 Å². The molecule has 0 spiro atoms. The molecule has 0 saturated heterocycles. The maximum absolute atomic E-state index is 8.25. The fourth-order valence-electron chi connectivity index (χ4n) is 0. The van der Waals surface area contributed by atoms with Crippen molar-refractivity contribution in [3.05, 3.63) is 30.6 Å². The number of hydrogen-bond donors (Lipinski definition) is 0. The Bertz CT molecular complexity index is 85.2. The van der Waals surface area contributed by atoms with Crippen LogP contribution in [-0.4, -0.2) is 21.1 Å². The van der Waals surface area contributed by atoms with E-state index in [2.05, 4.69) is 0 Å². The molecule has 0 atom stereocenters. The summed E-state index contributed by atoms with van der Waals surface area (Å²) in [5.74, 6) is 0. The van der Waals surface area contributed by atoms with Crippen molar-refractivity contribution in [2.75, 3.05) is 0 Å². The molecule has 20 N–H and O–H groups in total. The Morgan fingerprint density at radius 1 is 0.500 bits per heavy atom. The first-order valence-corrected chi connectivity index (χ1v) is 1.10. The zero-order valence-corrected chi connectivity index (χ0v) is 14.7. The van der Waals surface area contributed by atoms with Crippen LogP contribution in [0.25, 0.3) is 0 Å². The minimum Gasteiger partial charge on any atom is -1.00 e. The van der Waals surface area contributed by atoms with Crippen LogP contribution in [0.2, 0.25) is 0 Å². The molecule has 0 bridgehead atoms. The molecule has 0 heterocycles. The van der Waals surface area contributed by atoms with Crippen molar-refractivity contribution < 1.29 is 130 Å². The summed E-state index contributed by atoms with van der Waals surface area (Å²) in [6.07, 6.45) is 0. The zero-order valence-electron chi connectivity index (χ0n) is 9.61. The van der Waals surface area contributed by atoms with E-state index < -0.39 is 10.2 Å². The zero-order chi connectivity index (χ0) is 7.15. The van der Waals surface area contributed by atoms with Crippen LogP contribution >= 0.6 is 0 Å². The first kappa shape index (κ1) is 187. The third kappa shape index (κ3) is 34800. The molecule has 0 aromatic rings. The summed E-state index contributed by atoms with van der Waals surface area (Å²) >= 11 is 0. The van der Waals surface area contributed by atoms with Gasteiger partial charge in [-0.15, -0.1) is 0 Å². The molecule has 0 aromatic heterocycles. The monoisotopic (exact) mass is 432 g/mol. The van der Waals surface area contributed by atoms with Gasteiger partial charge in [0.15, 0.2) is 0 Å². The number of nitrogens with zero attached hydrogens (tertiary/aromatic N) is 2. The van der Waals surface area contributed by atoms with Crippen LogP contribution in [0.3, 0.4) is 0 Å². The number of rotatable bonds is 0. The van der Waals surface area contributed by atoms with Gasteiger partial charge in [0.2, 0.25) is 0 Å². The van der Waals surface area contributed by atoms with Crippen LogP contribution in [0.5, 0.6) is 0 Å². The predicted molar refractivity (Wildman–Crippen MR) is 53.8 cm³/mol. The van der Waals surface area contributed by atoms with E-state index in [1.807, 2.05) is 0 Å². The standard InChI is InChI=1S/2ClH.2NO3.8H2O.2Sc/c;;2*2-1(3)4;;;;;;;;;;/h2*1H;;;8*1H2;;/q;;2*-1;;;;;;;;;2*+3/p+2. The second-order valence-corrected chi connectivity index (χ2v) is 0.447. The first-order valence-electron chi connectivity index (χ1n) is 1.10. The van der Waals surface area contributed by atoms with Gasteiger partial charge in [-0.2, -0.15) is 0 Å². The Hall–Kier alpha value is 0.400. The summed E-state index contributed by atoms with van der Waals surface area (Å²) in [7, 11) is 0. The van der Waals surface area contributed by atoms with Crippen LogP contribution < -0.4 is 24.8 Å². The Morgan fingerprint density at radius 2 is 0.500 bits per heavy atom. The molecule has 20 heteroatoms. The largest absolute Gasteiger partial charge is 3.00 e. The fourth-order valence-corrected chi connectivity index (χ4v) is 0. The molecule has 0 rings (SSSR count). The minimum atomic E-state index is -1.75. The summed E-state index contributed by atoms with van der Waals surface area (Å²) < 4.78 is 0. The molecule has 0 aromatic carbocycles. The van der Waals surface area contributed by atoms with Crippen LogP contribution in [0.4, 0.5) is 0 Å². The van der Waals surface area contributed by atoms with Crippen molar-refractivity contribution in [2.45, 2.75) is 0 Å². The van der Waals surface area contributed by atoms with Gasteiger partial charge in [0.1, 0.15) is 0 Å². The fraction of sp³-hybridized carbons (Fsp3) is 0. The van der Waals surface area contributed by atoms with E-state index in [0.29, 0.717) is 0 Å². The molecule has 0 aliphatic heterocycles. The Labute approximate surface area is 160 Å². The van der Waals surface area contributed by atoms with Gasteiger partial charge in [-0.1, -0.05) is 0 Å². The van der Waals surface area contributed by atoms with Gasteiger partial charge in [0.25, 0.3) is 0 Å². The third-order valence-corrected chi connectivity index (χ3v) is 0. The molecular formula is H20Cl2N2O14Sc2+6. The van der Waals surface area contributed by atoms with Crippen LogP contribution in [0, 0.1) is 30.6 Å². The van der Waals surface area contributed by atoms with Crippen molar-refractivity contribution in [3.8, 4) is 0 Å². The van der Waals surface area contributed by atoms with Crippen LogP contribution in [0.15, 0.2) is 0 Å². The predicted octanol–water partition coefficient (Wildman–Crippen LogP) is -12.4. The molecule has 0 radical (unpaired) electrons. The normalized spacial score (nSPS) is 2.40. The van der Waals surface area contributed by atoms with E-state index in [9.17, 15) is 0 Å². The first-order chi connectivity index (χ1) is 3.46. The van der Waals surface area contributed by atoms with Gasteiger partial charge >= 0.3 is 51.7 Å². The molecule has 16 nitrogen and oxygen atoms in total. The summed E-state index contributed by atoms with van der Waals surface area (Å²) in [6, 6.07) is 0. The smallest absolute Gasteiger partial charge is 1.00 e. The number of hydrogen-bond acceptors (Lipinski definition) is 8. The second-order valence-electron chi connectivity index (χ2n) is 0.447. The van der Waals surface area contributed by atoms with Crippen molar-refractivity contribution in [1.82, 2.24) is 0 Å². The van der Waals surface area contributed by atoms with Crippen molar-refractivity contribution in [2.24, 2.45) is 0 Å². The van der Waals surface area contributed by atoms with Crippen molar-refractivity contribution in [3.63, 3.8) is 0 Å². The van der Waals surface area contributed by atoms with Crippen molar-refractivity contribution >= 4 is 0 Å². The topological polar surface area (TPSA) is 390 Å². The molecule has 0 saturated carbocycles. The van der Waals surface area contributed by atoms with Gasteiger partial charge in [-0.3, -0.25) is 0 Å². The van der Waals surface area contributed by atoms with E-state index in [0.717, 1.165) is 0 Å². The molecule has 0 amide bonds. The average molecular weight is 433 g/mol.